The van der Waals surface area contributed by atoms with Gasteiger partial charge in [-0.3, -0.25) is 9.69 Å². The van der Waals surface area contributed by atoms with Crippen LogP contribution in [0.1, 0.15) is 30.5 Å². The van der Waals surface area contributed by atoms with Gasteiger partial charge in [-0.15, -0.1) is 0 Å². The first-order valence-corrected chi connectivity index (χ1v) is 9.31. The van der Waals surface area contributed by atoms with Gasteiger partial charge in [-0.05, 0) is 50.1 Å². The zero-order valence-electron chi connectivity index (χ0n) is 16.3. The highest BCUT2D eigenvalue weighted by Crippen LogP contribution is 2.29. The van der Waals surface area contributed by atoms with E-state index in [1.807, 2.05) is 51.1 Å². The van der Waals surface area contributed by atoms with E-state index in [0.717, 1.165) is 16.7 Å². The van der Waals surface area contributed by atoms with E-state index < -0.39 is 6.03 Å². The molecule has 6 heteroatoms. The van der Waals surface area contributed by atoms with Crippen LogP contribution in [-0.2, 0) is 11.3 Å². The summed E-state index contributed by atoms with van der Waals surface area (Å²) in [7, 11) is 0. The molecule has 0 spiro atoms. The summed E-state index contributed by atoms with van der Waals surface area (Å²) < 4.78 is 11.2. The molecule has 0 saturated carbocycles. The molecule has 6 nitrogen and oxygen atoms in total. The molecule has 146 valence electrons. The van der Waals surface area contributed by atoms with Gasteiger partial charge in [0.25, 0.3) is 5.91 Å². The van der Waals surface area contributed by atoms with Crippen LogP contribution >= 0.6 is 0 Å². The van der Waals surface area contributed by atoms with Gasteiger partial charge in [0.2, 0.25) is 0 Å². The number of aryl methyl sites for hydroxylation is 1. The van der Waals surface area contributed by atoms with Crippen LogP contribution in [0.2, 0.25) is 0 Å². The first kappa shape index (κ1) is 19.5. The van der Waals surface area contributed by atoms with Crippen molar-refractivity contribution in [2.45, 2.75) is 27.3 Å². The topological polar surface area (TPSA) is 67.9 Å². The number of urea groups is 1. The van der Waals surface area contributed by atoms with E-state index in [1.54, 1.807) is 18.2 Å². The number of nitrogens with zero attached hydrogens (tertiary/aromatic N) is 1. The highest BCUT2D eigenvalue weighted by atomic mass is 16.5. The van der Waals surface area contributed by atoms with Crippen molar-refractivity contribution in [2.75, 3.05) is 13.2 Å². The third-order valence-corrected chi connectivity index (χ3v) is 4.30. The maximum Gasteiger partial charge on any atom is 0.329 e. The fourth-order valence-electron chi connectivity index (χ4n) is 2.92. The van der Waals surface area contributed by atoms with Gasteiger partial charge in [0.15, 0.2) is 11.5 Å². The van der Waals surface area contributed by atoms with Crippen LogP contribution in [0, 0.1) is 6.92 Å². The van der Waals surface area contributed by atoms with Crippen molar-refractivity contribution in [1.82, 2.24) is 10.2 Å². The average molecular weight is 380 g/mol. The molecule has 1 aliphatic heterocycles. The Labute approximate surface area is 164 Å². The van der Waals surface area contributed by atoms with Crippen LogP contribution in [0.5, 0.6) is 11.5 Å². The molecule has 1 heterocycles. The van der Waals surface area contributed by atoms with Crippen molar-refractivity contribution in [3.8, 4) is 11.5 Å². The van der Waals surface area contributed by atoms with E-state index in [0.29, 0.717) is 24.7 Å². The minimum Gasteiger partial charge on any atom is -0.490 e. The minimum absolute atomic E-state index is 0.232. The van der Waals surface area contributed by atoms with Gasteiger partial charge in [-0.2, -0.15) is 0 Å². The van der Waals surface area contributed by atoms with Crippen LogP contribution < -0.4 is 14.8 Å². The number of rotatable bonds is 7. The molecule has 0 bridgehead atoms. The van der Waals surface area contributed by atoms with Gasteiger partial charge in [-0.1, -0.05) is 35.9 Å². The number of hydrogen-bond acceptors (Lipinski definition) is 4. The van der Waals surface area contributed by atoms with Gasteiger partial charge in [0.05, 0.1) is 19.8 Å². The largest absolute Gasteiger partial charge is 0.490 e. The van der Waals surface area contributed by atoms with Crippen molar-refractivity contribution in [3.63, 3.8) is 0 Å². The second-order valence-electron chi connectivity index (χ2n) is 6.44. The Morgan fingerprint density at radius 3 is 2.32 bits per heavy atom. The van der Waals surface area contributed by atoms with E-state index in [2.05, 4.69) is 5.32 Å². The average Bonchev–Trinajstić information content (AvgIpc) is 2.93. The molecule has 0 aromatic heterocycles. The molecule has 0 atom stereocenters. The Morgan fingerprint density at radius 2 is 1.64 bits per heavy atom. The maximum atomic E-state index is 12.7. The summed E-state index contributed by atoms with van der Waals surface area (Å²) in [5.41, 5.74) is 3.01. The number of amides is 3. The molecule has 2 aromatic carbocycles. The molecular formula is C22H24N2O4. The van der Waals surface area contributed by atoms with E-state index in [1.165, 1.54) is 4.90 Å². The van der Waals surface area contributed by atoms with Crippen molar-refractivity contribution >= 4 is 18.0 Å². The normalized spacial score (nSPS) is 15.1. The lowest BCUT2D eigenvalue weighted by Gasteiger charge is -2.12. The fraction of sp³-hybridized carbons (Fsp3) is 0.273. The Kier molecular flexibility index (Phi) is 5.99. The molecule has 1 fully saturated rings. The molecule has 2 aromatic rings. The smallest absolute Gasteiger partial charge is 0.329 e. The molecule has 28 heavy (non-hydrogen) atoms. The van der Waals surface area contributed by atoms with Crippen molar-refractivity contribution in [2.24, 2.45) is 0 Å². The van der Waals surface area contributed by atoms with Crippen LogP contribution in [0.4, 0.5) is 4.79 Å². The molecule has 0 radical (unpaired) electrons. The van der Waals surface area contributed by atoms with Crippen molar-refractivity contribution in [3.05, 3.63) is 64.9 Å². The number of hydrogen-bond donors (Lipinski definition) is 1. The second kappa shape index (κ2) is 8.61. The maximum absolute atomic E-state index is 12.7. The summed E-state index contributed by atoms with van der Waals surface area (Å²) in [5, 5.41) is 2.65. The summed E-state index contributed by atoms with van der Waals surface area (Å²) in [6, 6.07) is 12.7. The summed E-state index contributed by atoms with van der Waals surface area (Å²) in [6.07, 6.45) is 1.65. The standard InChI is InChI=1S/C22H24N2O4/c1-4-27-19-11-10-17(13-20(19)28-5-2)12-18-21(25)24(22(26)23-18)14-16-8-6-15(3)7-9-16/h6-13H,4-5,14H2,1-3H3,(H,23,26)/b18-12+. The lowest BCUT2D eigenvalue weighted by molar-refractivity contribution is -0.123. The molecule has 1 saturated heterocycles. The molecule has 3 amide bonds. The third-order valence-electron chi connectivity index (χ3n) is 4.30. The predicted octanol–water partition coefficient (Wildman–Crippen LogP) is 3.89. The summed E-state index contributed by atoms with van der Waals surface area (Å²) >= 11 is 0. The number of imide groups is 1. The predicted molar refractivity (Wildman–Crippen MR) is 107 cm³/mol. The van der Waals surface area contributed by atoms with Crippen LogP contribution in [0.25, 0.3) is 6.08 Å². The zero-order chi connectivity index (χ0) is 20.1. The lowest BCUT2D eigenvalue weighted by Crippen LogP contribution is -2.30. The SMILES string of the molecule is CCOc1ccc(/C=C2/NC(=O)N(Cc3ccc(C)cc3)C2=O)cc1OCC. The number of ether oxygens (including phenoxy) is 2. The van der Waals surface area contributed by atoms with Crippen LogP contribution in [0.15, 0.2) is 48.2 Å². The minimum atomic E-state index is -0.423. The van der Waals surface area contributed by atoms with Gasteiger partial charge >= 0.3 is 6.03 Å². The summed E-state index contributed by atoms with van der Waals surface area (Å²) in [5.74, 6) is 0.902. The van der Waals surface area contributed by atoms with Crippen molar-refractivity contribution < 1.29 is 19.1 Å². The Bertz CT molecular complexity index is 903. The molecule has 0 unspecified atom stereocenters. The monoisotopic (exact) mass is 380 g/mol. The second-order valence-corrected chi connectivity index (χ2v) is 6.44. The van der Waals surface area contributed by atoms with Gasteiger partial charge in [-0.25, -0.2) is 4.79 Å². The molecule has 0 aliphatic carbocycles. The Balaban J connectivity index is 1.81. The van der Waals surface area contributed by atoms with Gasteiger partial charge in [0, 0.05) is 0 Å². The quantitative estimate of drug-likeness (QED) is 0.585. The van der Waals surface area contributed by atoms with E-state index in [9.17, 15) is 9.59 Å². The number of nitrogens with one attached hydrogen (secondary N) is 1. The highest BCUT2D eigenvalue weighted by molar-refractivity contribution is 6.13. The third kappa shape index (κ3) is 4.34. The number of carbonyl (C=O) groups is 2. The van der Waals surface area contributed by atoms with Gasteiger partial charge in [0.1, 0.15) is 5.70 Å². The number of benzene rings is 2. The van der Waals surface area contributed by atoms with Crippen molar-refractivity contribution in [1.29, 1.82) is 0 Å². The van der Waals surface area contributed by atoms with E-state index in [4.69, 9.17) is 9.47 Å². The molecule has 3 rings (SSSR count). The fourth-order valence-corrected chi connectivity index (χ4v) is 2.92. The van der Waals surface area contributed by atoms with Crippen LogP contribution in [0.3, 0.4) is 0 Å². The first-order valence-electron chi connectivity index (χ1n) is 9.31. The lowest BCUT2D eigenvalue weighted by atomic mass is 10.1. The van der Waals surface area contributed by atoms with E-state index >= 15 is 0 Å². The Morgan fingerprint density at radius 1 is 0.964 bits per heavy atom. The molecule has 1 N–H and O–H groups in total. The van der Waals surface area contributed by atoms with Crippen LogP contribution in [-0.4, -0.2) is 30.1 Å². The summed E-state index contributed by atoms with van der Waals surface area (Å²) in [6.45, 7) is 7.05. The Hall–Kier alpha value is -3.28. The number of carbonyl (C=O) groups excluding carboxylic acids is 2. The zero-order valence-corrected chi connectivity index (χ0v) is 16.3. The highest BCUT2D eigenvalue weighted by Gasteiger charge is 2.33. The van der Waals surface area contributed by atoms with Gasteiger partial charge < -0.3 is 14.8 Å². The molecule has 1 aliphatic rings. The first-order chi connectivity index (χ1) is 13.5. The van der Waals surface area contributed by atoms with E-state index in [-0.39, 0.29) is 18.1 Å². The summed E-state index contributed by atoms with van der Waals surface area (Å²) in [4.78, 5) is 26.2. The molecular weight excluding hydrogens is 356 g/mol.